The Hall–Kier alpha value is -0.890. The Labute approximate surface area is 80.0 Å². The van der Waals surface area contributed by atoms with Crippen LogP contribution in [0, 0.1) is 5.92 Å². The number of nitrogens with zero attached hydrogens (tertiary/aromatic N) is 1. The summed E-state index contributed by atoms with van der Waals surface area (Å²) < 4.78 is 5.63. The summed E-state index contributed by atoms with van der Waals surface area (Å²) in [5.41, 5.74) is 1.03. The summed E-state index contributed by atoms with van der Waals surface area (Å²) in [6, 6.07) is 5.93. The van der Waals surface area contributed by atoms with Gasteiger partial charge in [-0.05, 0) is 25.0 Å². The standard InChI is InChI=1S/C11H17NO/c1-4-13-11(9(2)3)10-7-5-6-8-12-10/h5-9,11H,4H2,1-3H3. The van der Waals surface area contributed by atoms with Gasteiger partial charge in [0.25, 0.3) is 0 Å². The van der Waals surface area contributed by atoms with Gasteiger partial charge >= 0.3 is 0 Å². The highest BCUT2D eigenvalue weighted by atomic mass is 16.5. The molecule has 0 bridgehead atoms. The van der Waals surface area contributed by atoms with E-state index >= 15 is 0 Å². The molecule has 72 valence electrons. The molecule has 13 heavy (non-hydrogen) atoms. The first kappa shape index (κ1) is 10.2. The minimum absolute atomic E-state index is 0.131. The first-order valence-corrected chi connectivity index (χ1v) is 4.78. The largest absolute Gasteiger partial charge is 0.372 e. The van der Waals surface area contributed by atoms with E-state index in [9.17, 15) is 0 Å². The van der Waals surface area contributed by atoms with Crippen LogP contribution >= 0.6 is 0 Å². The van der Waals surface area contributed by atoms with Gasteiger partial charge < -0.3 is 4.74 Å². The summed E-state index contributed by atoms with van der Waals surface area (Å²) >= 11 is 0. The quantitative estimate of drug-likeness (QED) is 0.709. The maximum atomic E-state index is 5.63. The molecular weight excluding hydrogens is 162 g/mol. The molecule has 1 rings (SSSR count). The van der Waals surface area contributed by atoms with Gasteiger partial charge in [-0.25, -0.2) is 0 Å². The Bertz CT molecular complexity index is 233. The molecule has 0 radical (unpaired) electrons. The number of rotatable bonds is 4. The highest BCUT2D eigenvalue weighted by Crippen LogP contribution is 2.23. The van der Waals surface area contributed by atoms with Crippen molar-refractivity contribution in [2.45, 2.75) is 26.9 Å². The molecule has 1 heterocycles. The van der Waals surface area contributed by atoms with Crippen LogP contribution in [0.5, 0.6) is 0 Å². The van der Waals surface area contributed by atoms with Crippen LogP contribution in [0.3, 0.4) is 0 Å². The van der Waals surface area contributed by atoms with Gasteiger partial charge in [-0.3, -0.25) is 4.98 Å². The minimum Gasteiger partial charge on any atom is -0.372 e. The van der Waals surface area contributed by atoms with Crippen LogP contribution in [0.1, 0.15) is 32.6 Å². The molecule has 1 aromatic heterocycles. The van der Waals surface area contributed by atoms with Gasteiger partial charge in [0.15, 0.2) is 0 Å². The highest BCUT2D eigenvalue weighted by molar-refractivity contribution is 5.07. The zero-order valence-corrected chi connectivity index (χ0v) is 8.53. The Balaban J connectivity index is 2.76. The molecule has 0 saturated carbocycles. The average molecular weight is 179 g/mol. The van der Waals surface area contributed by atoms with Crippen molar-refractivity contribution >= 4 is 0 Å². The van der Waals surface area contributed by atoms with Crippen LogP contribution in [0.2, 0.25) is 0 Å². The van der Waals surface area contributed by atoms with Crippen molar-refractivity contribution in [3.63, 3.8) is 0 Å². The third-order valence-corrected chi connectivity index (χ3v) is 1.93. The van der Waals surface area contributed by atoms with Gasteiger partial charge in [0.2, 0.25) is 0 Å². The molecule has 0 saturated heterocycles. The van der Waals surface area contributed by atoms with Crippen molar-refractivity contribution in [3.05, 3.63) is 30.1 Å². The van der Waals surface area contributed by atoms with E-state index < -0.39 is 0 Å². The molecule has 1 unspecified atom stereocenters. The second-order valence-electron chi connectivity index (χ2n) is 3.37. The summed E-state index contributed by atoms with van der Waals surface area (Å²) in [6.07, 6.45) is 1.94. The smallest absolute Gasteiger partial charge is 0.102 e. The number of pyridine rings is 1. The van der Waals surface area contributed by atoms with E-state index in [4.69, 9.17) is 4.74 Å². The first-order chi connectivity index (χ1) is 6.25. The maximum Gasteiger partial charge on any atom is 0.102 e. The van der Waals surface area contributed by atoms with Gasteiger partial charge in [-0.2, -0.15) is 0 Å². The summed E-state index contributed by atoms with van der Waals surface area (Å²) in [7, 11) is 0. The monoisotopic (exact) mass is 179 g/mol. The minimum atomic E-state index is 0.131. The van der Waals surface area contributed by atoms with E-state index in [0.717, 1.165) is 12.3 Å². The number of ether oxygens (including phenoxy) is 1. The zero-order valence-electron chi connectivity index (χ0n) is 8.53. The van der Waals surface area contributed by atoms with E-state index in [0.29, 0.717) is 5.92 Å². The Morgan fingerprint density at radius 1 is 1.38 bits per heavy atom. The van der Waals surface area contributed by atoms with E-state index in [1.54, 1.807) is 0 Å². The molecule has 0 fully saturated rings. The lowest BCUT2D eigenvalue weighted by Crippen LogP contribution is -2.12. The number of aromatic nitrogens is 1. The van der Waals surface area contributed by atoms with Crippen LogP contribution in [-0.2, 0) is 4.74 Å². The molecule has 0 aromatic carbocycles. The molecule has 0 aliphatic rings. The van der Waals surface area contributed by atoms with Crippen molar-refractivity contribution in [1.29, 1.82) is 0 Å². The summed E-state index contributed by atoms with van der Waals surface area (Å²) in [4.78, 5) is 4.29. The SMILES string of the molecule is CCOC(c1ccccn1)C(C)C. The molecule has 2 nitrogen and oxygen atoms in total. The van der Waals surface area contributed by atoms with E-state index in [1.165, 1.54) is 0 Å². The second-order valence-corrected chi connectivity index (χ2v) is 3.37. The third-order valence-electron chi connectivity index (χ3n) is 1.93. The molecule has 2 heteroatoms. The zero-order chi connectivity index (χ0) is 9.68. The predicted molar refractivity (Wildman–Crippen MR) is 53.4 cm³/mol. The van der Waals surface area contributed by atoms with E-state index in [2.05, 4.69) is 18.8 Å². The van der Waals surface area contributed by atoms with Crippen molar-refractivity contribution in [3.8, 4) is 0 Å². The molecule has 0 aliphatic carbocycles. The molecule has 1 aromatic rings. The predicted octanol–water partition coefficient (Wildman–Crippen LogP) is 2.82. The van der Waals surface area contributed by atoms with Gasteiger partial charge in [-0.15, -0.1) is 0 Å². The Kier molecular flexibility index (Phi) is 3.90. The molecule has 0 aliphatic heterocycles. The fourth-order valence-corrected chi connectivity index (χ4v) is 1.34. The van der Waals surface area contributed by atoms with Crippen molar-refractivity contribution in [2.24, 2.45) is 5.92 Å². The van der Waals surface area contributed by atoms with Crippen LogP contribution in [-0.4, -0.2) is 11.6 Å². The topological polar surface area (TPSA) is 22.1 Å². The second kappa shape index (κ2) is 4.97. The van der Waals surface area contributed by atoms with E-state index in [1.807, 2.05) is 31.3 Å². The molecule has 0 amide bonds. The lowest BCUT2D eigenvalue weighted by molar-refractivity contribution is 0.0264. The maximum absolute atomic E-state index is 5.63. The summed E-state index contributed by atoms with van der Waals surface area (Å²) in [5.74, 6) is 0.467. The van der Waals surface area contributed by atoms with Gasteiger partial charge in [-0.1, -0.05) is 19.9 Å². The fourth-order valence-electron chi connectivity index (χ4n) is 1.34. The number of hydrogen-bond donors (Lipinski definition) is 0. The van der Waals surface area contributed by atoms with Crippen LogP contribution < -0.4 is 0 Å². The highest BCUT2D eigenvalue weighted by Gasteiger charge is 2.16. The Morgan fingerprint density at radius 3 is 2.62 bits per heavy atom. The lowest BCUT2D eigenvalue weighted by atomic mass is 10.0. The van der Waals surface area contributed by atoms with E-state index in [-0.39, 0.29) is 6.10 Å². The van der Waals surface area contributed by atoms with Crippen molar-refractivity contribution in [2.75, 3.05) is 6.61 Å². The van der Waals surface area contributed by atoms with Crippen LogP contribution in [0.4, 0.5) is 0 Å². The van der Waals surface area contributed by atoms with Crippen molar-refractivity contribution < 1.29 is 4.74 Å². The average Bonchev–Trinajstić information content (AvgIpc) is 2.15. The number of hydrogen-bond acceptors (Lipinski definition) is 2. The molecule has 0 N–H and O–H groups in total. The molecule has 0 spiro atoms. The third kappa shape index (κ3) is 2.81. The van der Waals surface area contributed by atoms with Crippen LogP contribution in [0.25, 0.3) is 0 Å². The molecular formula is C11H17NO. The molecule has 1 atom stereocenters. The van der Waals surface area contributed by atoms with Gasteiger partial charge in [0.1, 0.15) is 6.10 Å². The fraction of sp³-hybridized carbons (Fsp3) is 0.545. The normalized spacial score (nSPS) is 13.2. The summed E-state index contributed by atoms with van der Waals surface area (Å²) in [5, 5.41) is 0. The summed E-state index contributed by atoms with van der Waals surface area (Å²) in [6.45, 7) is 7.04. The lowest BCUT2D eigenvalue weighted by Gasteiger charge is -2.19. The Morgan fingerprint density at radius 2 is 2.15 bits per heavy atom. The van der Waals surface area contributed by atoms with Crippen LogP contribution in [0.15, 0.2) is 24.4 Å². The van der Waals surface area contributed by atoms with Crippen molar-refractivity contribution in [1.82, 2.24) is 4.98 Å². The first-order valence-electron chi connectivity index (χ1n) is 4.78. The van der Waals surface area contributed by atoms with Gasteiger partial charge in [0, 0.05) is 12.8 Å². The van der Waals surface area contributed by atoms with Gasteiger partial charge in [0.05, 0.1) is 5.69 Å².